The van der Waals surface area contributed by atoms with E-state index in [-0.39, 0.29) is 0 Å². The molecule has 1 aliphatic rings. The average Bonchev–Trinajstić information content (AvgIpc) is 2.39. The minimum absolute atomic E-state index is 0.308. The van der Waals surface area contributed by atoms with Gasteiger partial charge < -0.3 is 10.2 Å². The molecule has 19 heavy (non-hydrogen) atoms. The lowest BCUT2D eigenvalue weighted by molar-refractivity contribution is 0.376. The maximum Gasteiger partial charge on any atom is 0.193 e. The van der Waals surface area contributed by atoms with Crippen LogP contribution in [0.2, 0.25) is 0 Å². The highest BCUT2D eigenvalue weighted by molar-refractivity contribution is 8.00. The third-order valence-corrected chi connectivity index (χ3v) is 4.53. The van der Waals surface area contributed by atoms with Crippen molar-refractivity contribution in [2.24, 2.45) is 4.99 Å². The normalized spacial score (nSPS) is 19.3. The summed E-state index contributed by atoms with van der Waals surface area (Å²) in [5.74, 6) is 2.18. The largest absolute Gasteiger partial charge is 0.352 e. The molecule has 1 fully saturated rings. The number of hydrogen-bond acceptors (Lipinski definition) is 2. The van der Waals surface area contributed by atoms with Crippen molar-refractivity contribution < 1.29 is 0 Å². The second-order valence-electron chi connectivity index (χ2n) is 5.42. The maximum absolute atomic E-state index is 4.41. The minimum Gasteiger partial charge on any atom is -0.352 e. The second-order valence-corrected chi connectivity index (χ2v) is 7.22. The molecule has 0 atom stereocenters. The molecule has 0 radical (unpaired) electrons. The van der Waals surface area contributed by atoms with Crippen molar-refractivity contribution in [3.8, 4) is 0 Å². The van der Waals surface area contributed by atoms with Crippen molar-refractivity contribution in [2.45, 2.75) is 25.1 Å². The predicted octanol–water partition coefficient (Wildman–Crippen LogP) is 2.59. The van der Waals surface area contributed by atoms with Gasteiger partial charge in [-0.1, -0.05) is 30.3 Å². The Bertz CT molecular complexity index is 428. The fourth-order valence-electron chi connectivity index (χ4n) is 2.31. The molecule has 0 spiro atoms. The van der Waals surface area contributed by atoms with Crippen molar-refractivity contribution >= 4 is 17.7 Å². The molecule has 104 valence electrons. The molecule has 2 rings (SSSR count). The first-order valence-corrected chi connectivity index (χ1v) is 7.73. The number of benzene rings is 1. The molecule has 0 amide bonds. The van der Waals surface area contributed by atoms with Gasteiger partial charge in [-0.15, -0.1) is 0 Å². The van der Waals surface area contributed by atoms with E-state index in [0.717, 1.165) is 25.6 Å². The van der Waals surface area contributed by atoms with Crippen LogP contribution in [0.4, 0.5) is 0 Å². The van der Waals surface area contributed by atoms with Crippen LogP contribution in [-0.2, 0) is 6.54 Å². The van der Waals surface area contributed by atoms with Gasteiger partial charge in [-0.25, -0.2) is 0 Å². The number of hydrogen-bond donors (Lipinski definition) is 1. The molecule has 1 aliphatic heterocycles. The molecule has 1 aromatic rings. The second kappa shape index (κ2) is 6.33. The van der Waals surface area contributed by atoms with Crippen molar-refractivity contribution in [1.82, 2.24) is 10.2 Å². The molecule has 1 N–H and O–H groups in total. The van der Waals surface area contributed by atoms with Gasteiger partial charge in [0, 0.05) is 37.2 Å². The Balaban J connectivity index is 1.94. The zero-order valence-electron chi connectivity index (χ0n) is 12.0. The zero-order valence-corrected chi connectivity index (χ0v) is 12.8. The summed E-state index contributed by atoms with van der Waals surface area (Å²) < 4.78 is 0.308. The highest BCUT2D eigenvalue weighted by Gasteiger charge is 2.28. The molecule has 1 aromatic carbocycles. The van der Waals surface area contributed by atoms with Crippen LogP contribution in [-0.4, -0.2) is 41.5 Å². The third-order valence-electron chi connectivity index (χ3n) is 3.23. The summed E-state index contributed by atoms with van der Waals surface area (Å²) in [6.45, 7) is 7.55. The van der Waals surface area contributed by atoms with E-state index in [9.17, 15) is 0 Å². The van der Waals surface area contributed by atoms with Crippen LogP contribution >= 0.6 is 11.8 Å². The summed E-state index contributed by atoms with van der Waals surface area (Å²) in [5, 5.41) is 3.46. The molecule has 1 saturated heterocycles. The van der Waals surface area contributed by atoms with Gasteiger partial charge in [0.15, 0.2) is 5.96 Å². The van der Waals surface area contributed by atoms with Crippen LogP contribution in [0, 0.1) is 0 Å². The molecule has 0 aromatic heterocycles. The summed E-state index contributed by atoms with van der Waals surface area (Å²) >= 11 is 2.04. The smallest absolute Gasteiger partial charge is 0.193 e. The Hall–Kier alpha value is -1.16. The minimum atomic E-state index is 0.308. The first-order chi connectivity index (χ1) is 9.11. The number of nitrogens with one attached hydrogen (secondary N) is 1. The standard InChI is InChI=1S/C15H23N3S/c1-15(2)12-18(9-10-19-15)14(16-3)17-11-13-7-5-4-6-8-13/h4-8H,9-12H2,1-3H3,(H,16,17). The summed E-state index contributed by atoms with van der Waals surface area (Å²) in [6, 6.07) is 10.5. The fraction of sp³-hybridized carbons (Fsp3) is 0.533. The van der Waals surface area contributed by atoms with Crippen LogP contribution < -0.4 is 5.32 Å². The Morgan fingerprint density at radius 1 is 1.37 bits per heavy atom. The molecule has 3 nitrogen and oxygen atoms in total. The van der Waals surface area contributed by atoms with E-state index in [1.807, 2.05) is 24.9 Å². The predicted molar refractivity (Wildman–Crippen MR) is 84.8 cm³/mol. The van der Waals surface area contributed by atoms with E-state index in [0.29, 0.717) is 4.75 Å². The highest BCUT2D eigenvalue weighted by atomic mass is 32.2. The topological polar surface area (TPSA) is 27.6 Å². The Labute approximate surface area is 120 Å². The lowest BCUT2D eigenvalue weighted by Crippen LogP contribution is -2.50. The van der Waals surface area contributed by atoms with Gasteiger partial charge in [-0.2, -0.15) is 11.8 Å². The van der Waals surface area contributed by atoms with Gasteiger partial charge in [0.25, 0.3) is 0 Å². The van der Waals surface area contributed by atoms with Crippen LogP contribution in [0.25, 0.3) is 0 Å². The first kappa shape index (κ1) is 14.3. The van der Waals surface area contributed by atoms with E-state index in [4.69, 9.17) is 0 Å². The average molecular weight is 277 g/mol. The van der Waals surface area contributed by atoms with Crippen LogP contribution in [0.15, 0.2) is 35.3 Å². The van der Waals surface area contributed by atoms with E-state index in [1.54, 1.807) is 0 Å². The van der Waals surface area contributed by atoms with Gasteiger partial charge >= 0.3 is 0 Å². The number of aliphatic imine (C=N–C) groups is 1. The lowest BCUT2D eigenvalue weighted by atomic mass is 10.2. The quantitative estimate of drug-likeness (QED) is 0.665. The Kier molecular flexibility index (Phi) is 4.75. The summed E-state index contributed by atoms with van der Waals surface area (Å²) in [5.41, 5.74) is 1.29. The van der Waals surface area contributed by atoms with Crippen LogP contribution in [0.1, 0.15) is 19.4 Å². The number of thioether (sulfide) groups is 1. The van der Waals surface area contributed by atoms with Crippen molar-refractivity contribution in [1.29, 1.82) is 0 Å². The van der Waals surface area contributed by atoms with Crippen LogP contribution in [0.5, 0.6) is 0 Å². The van der Waals surface area contributed by atoms with Gasteiger partial charge in [0.1, 0.15) is 0 Å². The van der Waals surface area contributed by atoms with E-state index in [2.05, 4.69) is 53.3 Å². The molecule has 0 bridgehead atoms. The lowest BCUT2D eigenvalue weighted by Gasteiger charge is -2.39. The number of nitrogens with zero attached hydrogens (tertiary/aromatic N) is 2. The van der Waals surface area contributed by atoms with Crippen molar-refractivity contribution in [3.05, 3.63) is 35.9 Å². The van der Waals surface area contributed by atoms with E-state index < -0.39 is 0 Å². The first-order valence-electron chi connectivity index (χ1n) is 6.74. The van der Waals surface area contributed by atoms with Gasteiger partial charge in [0.2, 0.25) is 0 Å². The van der Waals surface area contributed by atoms with E-state index >= 15 is 0 Å². The molecule has 4 heteroatoms. The highest BCUT2D eigenvalue weighted by Crippen LogP contribution is 2.29. The van der Waals surface area contributed by atoms with E-state index in [1.165, 1.54) is 11.3 Å². The van der Waals surface area contributed by atoms with Crippen molar-refractivity contribution in [2.75, 3.05) is 25.9 Å². The molecule has 0 unspecified atom stereocenters. The molecular weight excluding hydrogens is 254 g/mol. The fourth-order valence-corrected chi connectivity index (χ4v) is 3.42. The van der Waals surface area contributed by atoms with Gasteiger partial charge in [-0.05, 0) is 19.4 Å². The van der Waals surface area contributed by atoms with Crippen molar-refractivity contribution in [3.63, 3.8) is 0 Å². The third kappa shape index (κ3) is 4.16. The summed E-state index contributed by atoms with van der Waals surface area (Å²) in [7, 11) is 1.86. The Morgan fingerprint density at radius 2 is 2.11 bits per heavy atom. The number of rotatable bonds is 2. The van der Waals surface area contributed by atoms with Gasteiger partial charge in [-0.3, -0.25) is 4.99 Å². The van der Waals surface area contributed by atoms with Crippen LogP contribution in [0.3, 0.4) is 0 Å². The van der Waals surface area contributed by atoms with Gasteiger partial charge in [0.05, 0.1) is 0 Å². The molecule has 1 heterocycles. The SMILES string of the molecule is CN=C(NCc1ccccc1)N1CCSC(C)(C)C1. The zero-order chi connectivity index (χ0) is 13.7. The maximum atomic E-state index is 4.41. The number of guanidine groups is 1. The molecule has 0 aliphatic carbocycles. The Morgan fingerprint density at radius 3 is 2.74 bits per heavy atom. The molecule has 0 saturated carbocycles. The monoisotopic (exact) mass is 277 g/mol. The summed E-state index contributed by atoms with van der Waals surface area (Å²) in [6.07, 6.45) is 0. The summed E-state index contributed by atoms with van der Waals surface area (Å²) in [4.78, 5) is 6.78. The molecular formula is C15H23N3S.